The summed E-state index contributed by atoms with van der Waals surface area (Å²) in [6.45, 7) is 0.975. The number of carbonyl (C=O) groups is 1. The van der Waals surface area contributed by atoms with E-state index >= 15 is 0 Å². The molecule has 0 radical (unpaired) electrons. The topological polar surface area (TPSA) is 59.0 Å². The lowest BCUT2D eigenvalue weighted by molar-refractivity contribution is 0.0723. The number of nitrogens with zero attached hydrogens (tertiary/aromatic N) is 4. The molecule has 0 spiro atoms. The quantitative estimate of drug-likeness (QED) is 0.727. The Labute approximate surface area is 134 Å². The van der Waals surface area contributed by atoms with Crippen LogP contribution in [0.1, 0.15) is 21.6 Å². The number of hydrogen-bond acceptors (Lipinski definition) is 4. The van der Waals surface area contributed by atoms with E-state index < -0.39 is 0 Å². The van der Waals surface area contributed by atoms with Gasteiger partial charge in [0.25, 0.3) is 5.91 Å². The summed E-state index contributed by atoms with van der Waals surface area (Å²) in [5.74, 6) is -0.147. The van der Waals surface area contributed by atoms with Crippen LogP contribution in [0.15, 0.2) is 73.4 Å². The first-order chi connectivity index (χ1) is 11.3. The highest BCUT2D eigenvalue weighted by Crippen LogP contribution is 2.12. The van der Waals surface area contributed by atoms with Crippen LogP contribution in [0, 0.1) is 0 Å². The molecule has 0 aliphatic heterocycles. The summed E-state index contributed by atoms with van der Waals surface area (Å²) in [5, 5.41) is 0. The number of aromatic nitrogens is 3. The number of benzene rings is 1. The number of hydrogen-bond donors (Lipinski definition) is 0. The monoisotopic (exact) mass is 304 g/mol. The van der Waals surface area contributed by atoms with Crippen molar-refractivity contribution in [3.63, 3.8) is 0 Å². The van der Waals surface area contributed by atoms with Crippen LogP contribution < -0.4 is 0 Å². The standard InChI is InChI=1S/C18H16N4O/c23-18(17-12-20-9-10-21-17)22(13-15-5-2-1-3-6-15)14-16-7-4-8-19-11-16/h1-12H,13-14H2. The van der Waals surface area contributed by atoms with Gasteiger partial charge in [-0.15, -0.1) is 0 Å². The van der Waals surface area contributed by atoms with E-state index in [1.807, 2.05) is 42.5 Å². The molecule has 0 bridgehead atoms. The normalized spacial score (nSPS) is 10.3. The van der Waals surface area contributed by atoms with E-state index in [2.05, 4.69) is 15.0 Å². The molecule has 0 unspecified atom stereocenters. The van der Waals surface area contributed by atoms with Crippen molar-refractivity contribution in [2.45, 2.75) is 13.1 Å². The highest BCUT2D eigenvalue weighted by Gasteiger charge is 2.18. The zero-order valence-corrected chi connectivity index (χ0v) is 12.5. The Kier molecular flexibility index (Phi) is 4.69. The van der Waals surface area contributed by atoms with Gasteiger partial charge in [0.05, 0.1) is 6.20 Å². The van der Waals surface area contributed by atoms with Crippen molar-refractivity contribution in [3.8, 4) is 0 Å². The molecule has 114 valence electrons. The maximum absolute atomic E-state index is 12.8. The average molecular weight is 304 g/mol. The van der Waals surface area contributed by atoms with Gasteiger partial charge >= 0.3 is 0 Å². The number of pyridine rings is 1. The molecule has 3 rings (SSSR count). The molecule has 2 heterocycles. The lowest BCUT2D eigenvalue weighted by Crippen LogP contribution is -2.30. The van der Waals surface area contributed by atoms with Gasteiger partial charge in [-0.3, -0.25) is 14.8 Å². The second kappa shape index (κ2) is 7.26. The summed E-state index contributed by atoms with van der Waals surface area (Å²) < 4.78 is 0. The lowest BCUT2D eigenvalue weighted by atomic mass is 10.2. The van der Waals surface area contributed by atoms with Gasteiger partial charge < -0.3 is 4.90 Å². The van der Waals surface area contributed by atoms with Gasteiger partial charge in [0, 0.05) is 37.9 Å². The summed E-state index contributed by atoms with van der Waals surface area (Å²) in [6, 6.07) is 13.7. The van der Waals surface area contributed by atoms with Gasteiger partial charge in [-0.2, -0.15) is 0 Å². The fraction of sp³-hybridized carbons (Fsp3) is 0.111. The first-order valence-electron chi connectivity index (χ1n) is 7.31. The Balaban J connectivity index is 1.85. The van der Waals surface area contributed by atoms with Gasteiger partial charge in [0.2, 0.25) is 0 Å². The van der Waals surface area contributed by atoms with Crippen molar-refractivity contribution in [2.75, 3.05) is 0 Å². The first kappa shape index (κ1) is 14.8. The molecule has 1 aromatic carbocycles. The predicted octanol–water partition coefficient (Wildman–Crippen LogP) is 2.71. The van der Waals surface area contributed by atoms with Gasteiger partial charge in [0.1, 0.15) is 5.69 Å². The van der Waals surface area contributed by atoms with Crippen LogP contribution in [0.5, 0.6) is 0 Å². The van der Waals surface area contributed by atoms with Crippen LogP contribution >= 0.6 is 0 Å². The molecule has 5 heteroatoms. The molecule has 0 aliphatic rings. The van der Waals surface area contributed by atoms with Gasteiger partial charge in [-0.25, -0.2) is 4.98 Å². The molecule has 5 nitrogen and oxygen atoms in total. The van der Waals surface area contributed by atoms with Gasteiger partial charge in [-0.1, -0.05) is 36.4 Å². The SMILES string of the molecule is O=C(c1cnccn1)N(Cc1ccccc1)Cc1cccnc1. The summed E-state index contributed by atoms with van der Waals surface area (Å²) in [5.41, 5.74) is 2.38. The van der Waals surface area contributed by atoms with Crippen LogP contribution in [0.3, 0.4) is 0 Å². The minimum absolute atomic E-state index is 0.147. The van der Waals surface area contributed by atoms with Crippen molar-refractivity contribution in [1.82, 2.24) is 19.9 Å². The van der Waals surface area contributed by atoms with E-state index in [1.165, 1.54) is 12.4 Å². The molecule has 0 saturated carbocycles. The van der Waals surface area contributed by atoms with E-state index in [9.17, 15) is 4.79 Å². The molecule has 0 atom stereocenters. The van der Waals surface area contributed by atoms with Crippen LogP contribution in [0.2, 0.25) is 0 Å². The van der Waals surface area contributed by atoms with E-state index in [0.29, 0.717) is 18.8 Å². The second-order valence-electron chi connectivity index (χ2n) is 5.10. The number of amides is 1. The van der Waals surface area contributed by atoms with Crippen molar-refractivity contribution in [3.05, 3.63) is 90.3 Å². The fourth-order valence-electron chi connectivity index (χ4n) is 2.29. The largest absolute Gasteiger partial charge is 0.329 e. The van der Waals surface area contributed by atoms with E-state index in [-0.39, 0.29) is 5.91 Å². The Bertz CT molecular complexity index is 706. The molecule has 23 heavy (non-hydrogen) atoms. The molecule has 1 amide bonds. The molecule has 0 fully saturated rings. The summed E-state index contributed by atoms with van der Waals surface area (Å²) in [7, 11) is 0. The van der Waals surface area contributed by atoms with Crippen molar-refractivity contribution in [2.24, 2.45) is 0 Å². The van der Waals surface area contributed by atoms with Crippen LogP contribution in [0.4, 0.5) is 0 Å². The molecule has 0 aliphatic carbocycles. The second-order valence-corrected chi connectivity index (χ2v) is 5.10. The highest BCUT2D eigenvalue weighted by atomic mass is 16.2. The molecule has 2 aromatic heterocycles. The van der Waals surface area contributed by atoms with Crippen LogP contribution in [0.25, 0.3) is 0 Å². The number of carbonyl (C=O) groups excluding carboxylic acids is 1. The van der Waals surface area contributed by atoms with Crippen LogP contribution in [-0.2, 0) is 13.1 Å². The predicted molar refractivity (Wildman–Crippen MR) is 86.3 cm³/mol. The molecule has 0 saturated heterocycles. The minimum Gasteiger partial charge on any atom is -0.329 e. The Morgan fingerprint density at radius 2 is 1.57 bits per heavy atom. The van der Waals surface area contributed by atoms with Gasteiger partial charge in [0.15, 0.2) is 0 Å². The number of rotatable bonds is 5. The first-order valence-corrected chi connectivity index (χ1v) is 7.31. The molecule has 3 aromatic rings. The summed E-state index contributed by atoms with van der Waals surface area (Å²) in [6.07, 6.45) is 8.05. The Morgan fingerprint density at radius 1 is 0.826 bits per heavy atom. The lowest BCUT2D eigenvalue weighted by Gasteiger charge is -2.22. The maximum atomic E-state index is 12.8. The maximum Gasteiger partial charge on any atom is 0.274 e. The van der Waals surface area contributed by atoms with Crippen molar-refractivity contribution >= 4 is 5.91 Å². The van der Waals surface area contributed by atoms with E-state index in [0.717, 1.165) is 11.1 Å². The minimum atomic E-state index is -0.147. The highest BCUT2D eigenvalue weighted by molar-refractivity contribution is 5.91. The summed E-state index contributed by atoms with van der Waals surface area (Å²) >= 11 is 0. The smallest absolute Gasteiger partial charge is 0.274 e. The fourth-order valence-corrected chi connectivity index (χ4v) is 2.29. The Hall–Kier alpha value is -3.08. The average Bonchev–Trinajstić information content (AvgIpc) is 2.63. The molecule has 0 N–H and O–H groups in total. The third-order valence-electron chi connectivity index (χ3n) is 3.38. The zero-order chi connectivity index (χ0) is 15.9. The van der Waals surface area contributed by atoms with Crippen LogP contribution in [-0.4, -0.2) is 25.8 Å². The van der Waals surface area contributed by atoms with Crippen molar-refractivity contribution in [1.29, 1.82) is 0 Å². The Morgan fingerprint density at radius 3 is 2.26 bits per heavy atom. The zero-order valence-electron chi connectivity index (χ0n) is 12.5. The summed E-state index contributed by atoms with van der Waals surface area (Å²) in [4.78, 5) is 26.7. The third kappa shape index (κ3) is 3.97. The van der Waals surface area contributed by atoms with Gasteiger partial charge in [-0.05, 0) is 17.2 Å². The third-order valence-corrected chi connectivity index (χ3v) is 3.38. The molecular formula is C18H16N4O. The van der Waals surface area contributed by atoms with E-state index in [1.54, 1.807) is 23.5 Å². The molecular weight excluding hydrogens is 288 g/mol. The van der Waals surface area contributed by atoms with E-state index in [4.69, 9.17) is 0 Å². The van der Waals surface area contributed by atoms with Crippen molar-refractivity contribution < 1.29 is 4.79 Å².